The number of anilines is 1. The van der Waals surface area contributed by atoms with E-state index in [1.54, 1.807) is 0 Å². The lowest BCUT2D eigenvalue weighted by molar-refractivity contribution is 0.834. The van der Waals surface area contributed by atoms with Crippen molar-refractivity contribution >= 4 is 21.6 Å². The summed E-state index contributed by atoms with van der Waals surface area (Å²) in [4.78, 5) is 0. The topological polar surface area (TPSA) is 52.0 Å². The average Bonchev–Trinajstić information content (AvgIpc) is 2.08. The zero-order valence-corrected chi connectivity index (χ0v) is 8.47. The number of nitrogen functional groups attached to an aromatic ring is 1. The van der Waals surface area contributed by atoms with Crippen molar-refractivity contribution in [3.63, 3.8) is 0 Å². The Morgan fingerprint density at radius 1 is 1.33 bits per heavy atom. The number of para-hydroxylation sites is 1. The Labute approximate surface area is 81.1 Å². The van der Waals surface area contributed by atoms with Crippen LogP contribution in [0, 0.1) is 0 Å². The Bertz CT molecular complexity index is 261. The molecule has 0 aromatic heterocycles. The predicted molar refractivity (Wildman–Crippen MR) is 55.9 cm³/mol. The Morgan fingerprint density at radius 2 is 2.08 bits per heavy atom. The van der Waals surface area contributed by atoms with Gasteiger partial charge in [0.2, 0.25) is 0 Å². The van der Waals surface area contributed by atoms with Crippen LogP contribution in [0.15, 0.2) is 22.7 Å². The molecule has 0 saturated carbocycles. The Morgan fingerprint density at radius 3 is 2.75 bits per heavy atom. The van der Waals surface area contributed by atoms with Gasteiger partial charge in [-0.3, -0.25) is 0 Å². The molecule has 0 amide bonds. The summed E-state index contributed by atoms with van der Waals surface area (Å²) in [6.07, 6.45) is 1.95. The van der Waals surface area contributed by atoms with E-state index in [4.69, 9.17) is 11.5 Å². The fourth-order valence-electron chi connectivity index (χ4n) is 1.09. The quantitative estimate of drug-likeness (QED) is 0.778. The summed E-state index contributed by atoms with van der Waals surface area (Å²) in [6, 6.07) is 5.98. The van der Waals surface area contributed by atoms with E-state index >= 15 is 0 Å². The van der Waals surface area contributed by atoms with Gasteiger partial charge in [0.1, 0.15) is 0 Å². The van der Waals surface area contributed by atoms with Gasteiger partial charge in [0.15, 0.2) is 0 Å². The van der Waals surface area contributed by atoms with Gasteiger partial charge in [-0.25, -0.2) is 0 Å². The molecular weight excluding hydrogens is 216 g/mol. The molecule has 0 saturated heterocycles. The van der Waals surface area contributed by atoms with Gasteiger partial charge in [-0.15, -0.1) is 0 Å². The molecule has 66 valence electrons. The van der Waals surface area contributed by atoms with Crippen molar-refractivity contribution in [2.75, 3.05) is 12.3 Å². The Kier molecular flexibility index (Phi) is 3.56. The molecular formula is C9H13BrN2. The predicted octanol–water partition coefficient (Wildman–Crippen LogP) is 1.92. The van der Waals surface area contributed by atoms with E-state index in [1.165, 1.54) is 5.56 Å². The van der Waals surface area contributed by atoms with Gasteiger partial charge >= 0.3 is 0 Å². The molecule has 3 heteroatoms. The lowest BCUT2D eigenvalue weighted by Gasteiger charge is -2.05. The third-order valence-corrected chi connectivity index (χ3v) is 2.48. The first-order chi connectivity index (χ1) is 5.75. The van der Waals surface area contributed by atoms with Gasteiger partial charge in [0.25, 0.3) is 0 Å². The van der Waals surface area contributed by atoms with E-state index < -0.39 is 0 Å². The lowest BCUT2D eigenvalue weighted by Crippen LogP contribution is -2.02. The summed E-state index contributed by atoms with van der Waals surface area (Å²) < 4.78 is 0.969. The minimum Gasteiger partial charge on any atom is -0.398 e. The molecule has 4 N–H and O–H groups in total. The number of nitrogens with two attached hydrogens (primary N) is 2. The molecule has 0 unspecified atom stereocenters. The molecule has 0 heterocycles. The summed E-state index contributed by atoms with van der Waals surface area (Å²) in [6.45, 7) is 0.714. The minimum atomic E-state index is 0.714. The molecule has 2 nitrogen and oxygen atoms in total. The first-order valence-electron chi connectivity index (χ1n) is 3.98. The van der Waals surface area contributed by atoms with Gasteiger partial charge in [0.05, 0.1) is 0 Å². The monoisotopic (exact) mass is 228 g/mol. The number of aryl methyl sites for hydroxylation is 1. The van der Waals surface area contributed by atoms with Crippen LogP contribution >= 0.6 is 15.9 Å². The molecule has 1 aromatic carbocycles. The third kappa shape index (κ3) is 2.22. The molecule has 0 fully saturated rings. The summed E-state index contributed by atoms with van der Waals surface area (Å²) in [5.74, 6) is 0. The van der Waals surface area contributed by atoms with E-state index in [0.717, 1.165) is 23.0 Å². The molecule has 12 heavy (non-hydrogen) atoms. The SMILES string of the molecule is NCCCc1cccc(Br)c1N. The number of halogens is 1. The number of hydrogen-bond acceptors (Lipinski definition) is 2. The zero-order valence-electron chi connectivity index (χ0n) is 6.89. The maximum absolute atomic E-state index is 5.84. The van der Waals surface area contributed by atoms with Gasteiger partial charge in [0, 0.05) is 10.2 Å². The summed E-state index contributed by atoms with van der Waals surface area (Å²) in [7, 11) is 0. The highest BCUT2D eigenvalue weighted by Crippen LogP contribution is 2.23. The molecule has 0 atom stereocenters. The molecule has 0 spiro atoms. The average molecular weight is 229 g/mol. The second-order valence-electron chi connectivity index (χ2n) is 2.70. The van der Waals surface area contributed by atoms with Gasteiger partial charge in [-0.1, -0.05) is 12.1 Å². The Hall–Kier alpha value is -0.540. The van der Waals surface area contributed by atoms with Gasteiger partial charge in [-0.05, 0) is 46.9 Å². The molecule has 0 aliphatic rings. The zero-order chi connectivity index (χ0) is 8.97. The van der Waals surface area contributed by atoms with Crippen molar-refractivity contribution in [2.45, 2.75) is 12.8 Å². The van der Waals surface area contributed by atoms with Crippen LogP contribution in [0.1, 0.15) is 12.0 Å². The standard InChI is InChI=1S/C9H13BrN2/c10-8-5-1-3-7(9(8)12)4-2-6-11/h1,3,5H,2,4,6,11-12H2. The normalized spacial score (nSPS) is 10.2. The smallest absolute Gasteiger partial charge is 0.0491 e. The maximum atomic E-state index is 5.84. The number of rotatable bonds is 3. The van der Waals surface area contributed by atoms with Crippen LogP contribution in [-0.4, -0.2) is 6.54 Å². The molecule has 1 aromatic rings. The van der Waals surface area contributed by atoms with Crippen LogP contribution in [0.25, 0.3) is 0 Å². The van der Waals surface area contributed by atoms with E-state index in [-0.39, 0.29) is 0 Å². The van der Waals surface area contributed by atoms with Gasteiger partial charge < -0.3 is 11.5 Å². The van der Waals surface area contributed by atoms with E-state index in [2.05, 4.69) is 15.9 Å². The highest BCUT2D eigenvalue weighted by Gasteiger charge is 2.00. The van der Waals surface area contributed by atoms with E-state index in [1.807, 2.05) is 18.2 Å². The lowest BCUT2D eigenvalue weighted by atomic mass is 10.1. The molecule has 0 bridgehead atoms. The summed E-state index contributed by atoms with van der Waals surface area (Å²) in [5, 5.41) is 0. The van der Waals surface area contributed by atoms with Crippen LogP contribution in [0.3, 0.4) is 0 Å². The van der Waals surface area contributed by atoms with Crippen molar-refractivity contribution in [1.29, 1.82) is 0 Å². The van der Waals surface area contributed by atoms with E-state index in [0.29, 0.717) is 6.54 Å². The van der Waals surface area contributed by atoms with Crippen molar-refractivity contribution in [2.24, 2.45) is 5.73 Å². The van der Waals surface area contributed by atoms with Crippen LogP contribution in [0.4, 0.5) is 5.69 Å². The maximum Gasteiger partial charge on any atom is 0.0491 e. The van der Waals surface area contributed by atoms with Crippen molar-refractivity contribution in [3.05, 3.63) is 28.2 Å². The molecule has 1 rings (SSSR count). The largest absolute Gasteiger partial charge is 0.398 e. The summed E-state index contributed by atoms with van der Waals surface area (Å²) in [5.41, 5.74) is 13.3. The fourth-order valence-corrected chi connectivity index (χ4v) is 1.50. The second-order valence-corrected chi connectivity index (χ2v) is 3.56. The van der Waals surface area contributed by atoms with Crippen LogP contribution in [0.2, 0.25) is 0 Å². The number of hydrogen-bond donors (Lipinski definition) is 2. The third-order valence-electron chi connectivity index (χ3n) is 1.79. The number of benzene rings is 1. The van der Waals surface area contributed by atoms with Crippen molar-refractivity contribution in [3.8, 4) is 0 Å². The highest BCUT2D eigenvalue weighted by atomic mass is 79.9. The highest BCUT2D eigenvalue weighted by molar-refractivity contribution is 9.10. The second kappa shape index (κ2) is 4.48. The van der Waals surface area contributed by atoms with Crippen LogP contribution < -0.4 is 11.5 Å². The molecule has 0 aliphatic heterocycles. The molecule has 0 radical (unpaired) electrons. The fraction of sp³-hybridized carbons (Fsp3) is 0.333. The van der Waals surface area contributed by atoms with Crippen LogP contribution in [-0.2, 0) is 6.42 Å². The first-order valence-corrected chi connectivity index (χ1v) is 4.78. The Balaban J connectivity index is 2.78. The van der Waals surface area contributed by atoms with Crippen LogP contribution in [0.5, 0.6) is 0 Å². The minimum absolute atomic E-state index is 0.714. The van der Waals surface area contributed by atoms with E-state index in [9.17, 15) is 0 Å². The first kappa shape index (κ1) is 9.55. The summed E-state index contributed by atoms with van der Waals surface area (Å²) >= 11 is 3.38. The van der Waals surface area contributed by atoms with Crippen molar-refractivity contribution < 1.29 is 0 Å². The van der Waals surface area contributed by atoms with Gasteiger partial charge in [-0.2, -0.15) is 0 Å². The molecule has 0 aliphatic carbocycles. The van der Waals surface area contributed by atoms with Crippen molar-refractivity contribution in [1.82, 2.24) is 0 Å².